The molecule has 1 atom stereocenters. The zero-order valence-corrected chi connectivity index (χ0v) is 15.0. The minimum Gasteiger partial charge on any atom is -0.212 e. The molecule has 0 aliphatic carbocycles. The monoisotopic (exact) mass is 403 g/mol. The number of halogens is 3. The van der Waals surface area contributed by atoms with E-state index < -0.39 is 27.6 Å². The number of rotatable bonds is 5. The van der Waals surface area contributed by atoms with Crippen LogP contribution in [0, 0.1) is 11.6 Å². The Kier molecular flexibility index (Phi) is 5.54. The van der Waals surface area contributed by atoms with E-state index in [1.165, 1.54) is 47.8 Å². The van der Waals surface area contributed by atoms with Crippen molar-refractivity contribution in [2.24, 2.45) is 0 Å². The van der Waals surface area contributed by atoms with Crippen molar-refractivity contribution in [2.75, 3.05) is 7.05 Å². The summed E-state index contributed by atoms with van der Waals surface area (Å²) in [6.45, 7) is 1.70. The highest BCUT2D eigenvalue weighted by Crippen LogP contribution is 2.25. The lowest BCUT2D eigenvalue weighted by molar-refractivity contribution is 0.397. The van der Waals surface area contributed by atoms with Gasteiger partial charge in [0.15, 0.2) is 0 Å². The lowest BCUT2D eigenvalue weighted by Gasteiger charge is -2.25. The average molecular weight is 404 g/mol. The molecule has 7 heteroatoms. The first kappa shape index (κ1) is 18.0. The van der Waals surface area contributed by atoms with Gasteiger partial charge in [0.1, 0.15) is 11.6 Å². The van der Waals surface area contributed by atoms with E-state index in [1.54, 1.807) is 13.0 Å². The Morgan fingerprint density at radius 1 is 1.13 bits per heavy atom. The summed E-state index contributed by atoms with van der Waals surface area (Å²) in [6.07, 6.45) is 0. The van der Waals surface area contributed by atoms with Gasteiger partial charge >= 0.3 is 0 Å². The van der Waals surface area contributed by atoms with Gasteiger partial charge in [-0.25, -0.2) is 17.2 Å². The zero-order valence-electron chi connectivity index (χ0n) is 12.6. The van der Waals surface area contributed by atoms with Crippen LogP contribution in [0.4, 0.5) is 8.78 Å². The molecule has 0 aliphatic rings. The number of nitrogens with zero attached hydrogens (tertiary/aromatic N) is 1. The van der Waals surface area contributed by atoms with Crippen molar-refractivity contribution < 1.29 is 17.2 Å². The van der Waals surface area contributed by atoms with E-state index >= 15 is 0 Å². The van der Waals surface area contributed by atoms with Crippen molar-refractivity contribution in [1.82, 2.24) is 4.31 Å². The molecule has 0 N–H and O–H groups in total. The van der Waals surface area contributed by atoms with Crippen LogP contribution < -0.4 is 0 Å². The van der Waals surface area contributed by atoms with Crippen LogP contribution in [0.1, 0.15) is 24.1 Å². The van der Waals surface area contributed by atoms with Crippen LogP contribution in [-0.2, 0) is 15.8 Å². The van der Waals surface area contributed by atoms with Gasteiger partial charge in [-0.15, -0.1) is 0 Å². The van der Waals surface area contributed by atoms with Crippen LogP contribution in [0.25, 0.3) is 0 Å². The van der Waals surface area contributed by atoms with Gasteiger partial charge in [-0.1, -0.05) is 34.1 Å². The Bertz CT molecular complexity index is 794. The van der Waals surface area contributed by atoms with Crippen molar-refractivity contribution in [1.29, 1.82) is 0 Å². The molecule has 0 saturated heterocycles. The fraction of sp³-hybridized carbons (Fsp3) is 0.250. The van der Waals surface area contributed by atoms with Crippen molar-refractivity contribution in [3.05, 3.63) is 69.7 Å². The molecule has 0 radical (unpaired) electrons. The second-order valence-corrected chi connectivity index (χ2v) is 8.18. The van der Waals surface area contributed by atoms with Gasteiger partial charge in [0.25, 0.3) is 0 Å². The number of hydrogen-bond donors (Lipinski definition) is 0. The fourth-order valence-corrected chi connectivity index (χ4v) is 3.90. The molecule has 0 aromatic heterocycles. The molecule has 124 valence electrons. The summed E-state index contributed by atoms with van der Waals surface area (Å²) < 4.78 is 53.5. The normalized spacial score (nSPS) is 13.3. The lowest BCUT2D eigenvalue weighted by Crippen LogP contribution is -2.31. The van der Waals surface area contributed by atoms with Crippen LogP contribution >= 0.6 is 15.9 Å². The predicted octanol–water partition coefficient (Wildman–Crippen LogP) is 4.25. The van der Waals surface area contributed by atoms with Crippen molar-refractivity contribution in [2.45, 2.75) is 18.7 Å². The quantitative estimate of drug-likeness (QED) is 0.747. The molecule has 0 amide bonds. The molecular formula is C16H16BrF2NO2S. The molecular weight excluding hydrogens is 388 g/mol. The number of benzene rings is 2. The van der Waals surface area contributed by atoms with E-state index in [2.05, 4.69) is 15.9 Å². The molecule has 2 aromatic rings. The smallest absolute Gasteiger partial charge is 0.212 e. The van der Waals surface area contributed by atoms with E-state index in [0.717, 1.165) is 0 Å². The first-order valence-corrected chi connectivity index (χ1v) is 9.26. The highest BCUT2D eigenvalue weighted by Gasteiger charge is 2.25. The third-order valence-corrected chi connectivity index (χ3v) is 6.05. The van der Waals surface area contributed by atoms with Gasteiger partial charge in [0.2, 0.25) is 10.0 Å². The molecule has 0 bridgehead atoms. The number of hydrogen-bond acceptors (Lipinski definition) is 2. The Hall–Kier alpha value is -1.31. The SMILES string of the molecule is C[C@@H](c1ccc(F)cc1)N(C)S(=O)(=O)Cc1ccc(Br)cc1F. The van der Waals surface area contributed by atoms with Gasteiger partial charge in [0.05, 0.1) is 5.75 Å². The fourth-order valence-electron chi connectivity index (χ4n) is 2.13. The standard InChI is InChI=1S/C16H16BrF2NO2S/c1-11(12-4-7-15(18)8-5-12)20(2)23(21,22)10-13-3-6-14(17)9-16(13)19/h3-9,11H,10H2,1-2H3/t11-/m0/s1. The van der Waals surface area contributed by atoms with E-state index in [0.29, 0.717) is 10.0 Å². The summed E-state index contributed by atoms with van der Waals surface area (Å²) in [5, 5.41) is 0. The van der Waals surface area contributed by atoms with Crippen LogP contribution in [0.15, 0.2) is 46.9 Å². The van der Waals surface area contributed by atoms with Crippen LogP contribution in [-0.4, -0.2) is 19.8 Å². The summed E-state index contributed by atoms with van der Waals surface area (Å²) in [5.41, 5.74) is 0.764. The lowest BCUT2D eigenvalue weighted by atomic mass is 10.1. The minimum absolute atomic E-state index is 0.103. The molecule has 2 rings (SSSR count). The first-order chi connectivity index (χ1) is 10.7. The molecule has 23 heavy (non-hydrogen) atoms. The molecule has 2 aromatic carbocycles. The maximum atomic E-state index is 13.9. The topological polar surface area (TPSA) is 37.4 Å². The van der Waals surface area contributed by atoms with E-state index in [-0.39, 0.29) is 11.4 Å². The van der Waals surface area contributed by atoms with E-state index in [4.69, 9.17) is 0 Å². The Morgan fingerprint density at radius 2 is 1.74 bits per heavy atom. The van der Waals surface area contributed by atoms with Crippen LogP contribution in [0.3, 0.4) is 0 Å². The Balaban J connectivity index is 2.22. The second kappa shape index (κ2) is 7.07. The second-order valence-electron chi connectivity index (χ2n) is 5.24. The summed E-state index contributed by atoms with van der Waals surface area (Å²) in [4.78, 5) is 0. The predicted molar refractivity (Wildman–Crippen MR) is 89.3 cm³/mol. The molecule has 0 heterocycles. The van der Waals surface area contributed by atoms with Gasteiger partial charge in [-0.05, 0) is 36.8 Å². The molecule has 0 spiro atoms. The minimum atomic E-state index is -3.72. The van der Waals surface area contributed by atoms with Gasteiger partial charge in [0, 0.05) is 23.1 Å². The summed E-state index contributed by atoms with van der Waals surface area (Å²) in [5.74, 6) is -1.40. The maximum Gasteiger partial charge on any atom is 0.218 e. The van der Waals surface area contributed by atoms with E-state index in [9.17, 15) is 17.2 Å². The first-order valence-electron chi connectivity index (χ1n) is 6.86. The van der Waals surface area contributed by atoms with E-state index in [1.807, 2.05) is 0 Å². The summed E-state index contributed by atoms with van der Waals surface area (Å²) >= 11 is 3.13. The van der Waals surface area contributed by atoms with Crippen molar-refractivity contribution >= 4 is 26.0 Å². The molecule has 0 aliphatic heterocycles. The molecule has 0 saturated carbocycles. The maximum absolute atomic E-state index is 13.9. The highest BCUT2D eigenvalue weighted by molar-refractivity contribution is 9.10. The average Bonchev–Trinajstić information content (AvgIpc) is 2.49. The zero-order chi connectivity index (χ0) is 17.2. The van der Waals surface area contributed by atoms with Gasteiger partial charge in [-0.3, -0.25) is 0 Å². The van der Waals surface area contributed by atoms with Gasteiger partial charge < -0.3 is 0 Å². The molecule has 0 unspecified atom stereocenters. The van der Waals surface area contributed by atoms with Crippen LogP contribution in [0.2, 0.25) is 0 Å². The Labute approximate surface area is 143 Å². The number of sulfonamides is 1. The largest absolute Gasteiger partial charge is 0.218 e. The van der Waals surface area contributed by atoms with Crippen LogP contribution in [0.5, 0.6) is 0 Å². The van der Waals surface area contributed by atoms with Gasteiger partial charge in [-0.2, -0.15) is 4.31 Å². The highest BCUT2D eigenvalue weighted by atomic mass is 79.9. The third kappa shape index (κ3) is 4.37. The van der Waals surface area contributed by atoms with Crippen molar-refractivity contribution in [3.63, 3.8) is 0 Å². The van der Waals surface area contributed by atoms with Crippen molar-refractivity contribution in [3.8, 4) is 0 Å². The summed E-state index contributed by atoms with van der Waals surface area (Å²) in [6, 6.07) is 9.40. The molecule has 3 nitrogen and oxygen atoms in total. The molecule has 0 fully saturated rings. The summed E-state index contributed by atoms with van der Waals surface area (Å²) in [7, 11) is -2.29. The third-order valence-electron chi connectivity index (χ3n) is 3.69. The Morgan fingerprint density at radius 3 is 2.30 bits per heavy atom.